The molecule has 0 aliphatic carbocycles. The maximum absolute atomic E-state index is 5.94. The van der Waals surface area contributed by atoms with Gasteiger partial charge in [0.15, 0.2) is 5.96 Å². The van der Waals surface area contributed by atoms with Crippen LogP contribution in [0.3, 0.4) is 0 Å². The lowest BCUT2D eigenvalue weighted by Gasteiger charge is -2.26. The van der Waals surface area contributed by atoms with Gasteiger partial charge in [-0.1, -0.05) is 12.1 Å². The number of rotatable bonds is 12. The van der Waals surface area contributed by atoms with Crippen molar-refractivity contribution in [2.75, 3.05) is 72.9 Å². The molecule has 0 spiro atoms. The smallest absolute Gasteiger partial charge is 0.191 e. The van der Waals surface area contributed by atoms with Gasteiger partial charge in [0.05, 0.1) is 25.9 Å². The number of hydrogen-bond donors (Lipinski definition) is 2. The third-order valence-corrected chi connectivity index (χ3v) is 5.45. The van der Waals surface area contributed by atoms with Gasteiger partial charge in [-0.05, 0) is 37.0 Å². The Balaban J connectivity index is 1.27. The van der Waals surface area contributed by atoms with Crippen LogP contribution in [-0.4, -0.2) is 89.8 Å². The van der Waals surface area contributed by atoms with Crippen LogP contribution in [0.2, 0.25) is 0 Å². The minimum Gasteiger partial charge on any atom is -0.492 e. The summed E-state index contributed by atoms with van der Waals surface area (Å²) in [6.45, 7) is 9.05. The normalized spacial score (nSPS) is 20.0. The molecule has 0 aromatic heterocycles. The van der Waals surface area contributed by atoms with Crippen molar-refractivity contribution >= 4 is 5.96 Å². The molecule has 8 heteroatoms. The van der Waals surface area contributed by atoms with Gasteiger partial charge in [-0.2, -0.15) is 0 Å². The standard InChI is InChI=1S/C23H38N4O4/c1-24-23(25-8-4-12-29-19-22-7-3-13-30-22)26-18-20-5-2-6-21(17-20)31-16-11-27-9-14-28-15-10-27/h2,5-6,17,22H,3-4,7-16,18-19H2,1H3,(H2,24,25,26). The number of morpholine rings is 1. The van der Waals surface area contributed by atoms with Crippen LogP contribution in [-0.2, 0) is 20.8 Å². The van der Waals surface area contributed by atoms with Gasteiger partial charge in [0.25, 0.3) is 0 Å². The maximum atomic E-state index is 5.94. The predicted octanol–water partition coefficient (Wildman–Crippen LogP) is 1.65. The molecule has 2 aliphatic rings. The summed E-state index contributed by atoms with van der Waals surface area (Å²) in [4.78, 5) is 6.67. The lowest BCUT2D eigenvalue weighted by Crippen LogP contribution is -2.38. The van der Waals surface area contributed by atoms with Crippen LogP contribution in [0.4, 0.5) is 0 Å². The van der Waals surface area contributed by atoms with Gasteiger partial charge in [0.1, 0.15) is 12.4 Å². The van der Waals surface area contributed by atoms with Crippen molar-refractivity contribution in [1.29, 1.82) is 0 Å². The van der Waals surface area contributed by atoms with E-state index in [1.165, 1.54) is 0 Å². The van der Waals surface area contributed by atoms with Crippen molar-refractivity contribution in [3.8, 4) is 5.75 Å². The van der Waals surface area contributed by atoms with Crippen molar-refractivity contribution < 1.29 is 18.9 Å². The molecule has 1 unspecified atom stereocenters. The van der Waals surface area contributed by atoms with Gasteiger partial charge in [0, 0.05) is 53.0 Å². The molecule has 31 heavy (non-hydrogen) atoms. The summed E-state index contributed by atoms with van der Waals surface area (Å²) in [5.74, 6) is 1.69. The summed E-state index contributed by atoms with van der Waals surface area (Å²) in [5, 5.41) is 6.69. The molecule has 8 nitrogen and oxygen atoms in total. The largest absolute Gasteiger partial charge is 0.492 e. The molecule has 2 N–H and O–H groups in total. The first kappa shape index (κ1) is 23.8. The van der Waals surface area contributed by atoms with E-state index in [-0.39, 0.29) is 0 Å². The first-order valence-electron chi connectivity index (χ1n) is 11.5. The number of ether oxygens (including phenoxy) is 4. The quantitative estimate of drug-likeness (QED) is 0.294. The molecular weight excluding hydrogens is 396 g/mol. The lowest BCUT2D eigenvalue weighted by molar-refractivity contribution is 0.0168. The predicted molar refractivity (Wildman–Crippen MR) is 122 cm³/mol. The number of guanidine groups is 1. The summed E-state index contributed by atoms with van der Waals surface area (Å²) in [6.07, 6.45) is 3.50. The van der Waals surface area contributed by atoms with Crippen LogP contribution in [0, 0.1) is 0 Å². The second-order valence-electron chi connectivity index (χ2n) is 7.87. The third kappa shape index (κ3) is 9.43. The van der Waals surface area contributed by atoms with Crippen molar-refractivity contribution in [3.05, 3.63) is 29.8 Å². The van der Waals surface area contributed by atoms with E-state index < -0.39 is 0 Å². The molecule has 2 fully saturated rings. The van der Waals surface area contributed by atoms with E-state index in [1.807, 2.05) is 12.1 Å². The molecule has 3 rings (SSSR count). The van der Waals surface area contributed by atoms with Crippen LogP contribution < -0.4 is 15.4 Å². The van der Waals surface area contributed by atoms with E-state index in [0.717, 1.165) is 89.1 Å². The summed E-state index contributed by atoms with van der Waals surface area (Å²) in [5.41, 5.74) is 1.16. The minimum absolute atomic E-state index is 0.293. The number of hydrogen-bond acceptors (Lipinski definition) is 6. The highest BCUT2D eigenvalue weighted by Gasteiger charge is 2.15. The van der Waals surface area contributed by atoms with Crippen molar-refractivity contribution in [2.24, 2.45) is 4.99 Å². The van der Waals surface area contributed by atoms with Gasteiger partial charge in [-0.25, -0.2) is 0 Å². The summed E-state index contributed by atoms with van der Waals surface area (Å²) < 4.78 is 22.6. The SMILES string of the molecule is CN=C(NCCCOCC1CCCO1)NCc1cccc(OCCN2CCOCC2)c1. The molecule has 2 heterocycles. The molecule has 2 saturated heterocycles. The van der Waals surface area contributed by atoms with Gasteiger partial charge in [-0.3, -0.25) is 9.89 Å². The van der Waals surface area contributed by atoms with Gasteiger partial charge >= 0.3 is 0 Å². The van der Waals surface area contributed by atoms with Crippen LogP contribution in [0.15, 0.2) is 29.3 Å². The summed E-state index contributed by atoms with van der Waals surface area (Å²) >= 11 is 0. The third-order valence-electron chi connectivity index (χ3n) is 5.45. The topological polar surface area (TPSA) is 76.6 Å². The fourth-order valence-corrected chi connectivity index (χ4v) is 3.64. The lowest BCUT2D eigenvalue weighted by atomic mass is 10.2. The van der Waals surface area contributed by atoms with Crippen LogP contribution in [0.25, 0.3) is 0 Å². The minimum atomic E-state index is 0.293. The Morgan fingerprint density at radius 3 is 2.90 bits per heavy atom. The maximum Gasteiger partial charge on any atom is 0.191 e. The van der Waals surface area contributed by atoms with Crippen molar-refractivity contribution in [3.63, 3.8) is 0 Å². The zero-order chi connectivity index (χ0) is 21.6. The average Bonchev–Trinajstić information content (AvgIpc) is 3.33. The number of nitrogens with one attached hydrogen (secondary N) is 2. The Kier molecular flexibility index (Phi) is 10.9. The van der Waals surface area contributed by atoms with E-state index in [9.17, 15) is 0 Å². The fourth-order valence-electron chi connectivity index (χ4n) is 3.64. The molecule has 0 saturated carbocycles. The van der Waals surface area contributed by atoms with E-state index in [0.29, 0.717) is 25.9 Å². The highest BCUT2D eigenvalue weighted by atomic mass is 16.5. The second kappa shape index (κ2) is 14.2. The molecule has 0 bridgehead atoms. The Morgan fingerprint density at radius 2 is 2.10 bits per heavy atom. The molecule has 1 atom stereocenters. The van der Waals surface area contributed by atoms with Crippen LogP contribution >= 0.6 is 0 Å². The number of aliphatic imine (C=N–C) groups is 1. The fraction of sp³-hybridized carbons (Fsp3) is 0.696. The first-order chi connectivity index (χ1) is 15.3. The molecule has 1 aromatic rings. The highest BCUT2D eigenvalue weighted by molar-refractivity contribution is 5.79. The zero-order valence-electron chi connectivity index (χ0n) is 18.8. The van der Waals surface area contributed by atoms with Crippen molar-refractivity contribution in [2.45, 2.75) is 31.9 Å². The number of nitrogens with zero attached hydrogens (tertiary/aromatic N) is 2. The summed E-state index contributed by atoms with van der Waals surface area (Å²) in [7, 11) is 1.79. The molecular formula is C23H38N4O4. The second-order valence-corrected chi connectivity index (χ2v) is 7.87. The zero-order valence-corrected chi connectivity index (χ0v) is 18.8. The van der Waals surface area contributed by atoms with Gasteiger partial charge in [-0.15, -0.1) is 0 Å². The van der Waals surface area contributed by atoms with E-state index >= 15 is 0 Å². The van der Waals surface area contributed by atoms with E-state index in [1.54, 1.807) is 7.05 Å². The Labute approximate surface area is 186 Å². The van der Waals surface area contributed by atoms with E-state index in [2.05, 4.69) is 32.7 Å². The molecule has 2 aliphatic heterocycles. The Bertz CT molecular complexity index is 646. The molecule has 174 valence electrons. The van der Waals surface area contributed by atoms with Gasteiger partial charge < -0.3 is 29.6 Å². The van der Waals surface area contributed by atoms with E-state index in [4.69, 9.17) is 18.9 Å². The Morgan fingerprint density at radius 1 is 1.19 bits per heavy atom. The van der Waals surface area contributed by atoms with Crippen molar-refractivity contribution in [1.82, 2.24) is 15.5 Å². The average molecular weight is 435 g/mol. The van der Waals surface area contributed by atoms with Gasteiger partial charge in [0.2, 0.25) is 0 Å². The highest BCUT2D eigenvalue weighted by Crippen LogP contribution is 2.14. The molecule has 0 radical (unpaired) electrons. The summed E-state index contributed by atoms with van der Waals surface area (Å²) in [6, 6.07) is 8.21. The number of benzene rings is 1. The van der Waals surface area contributed by atoms with Crippen LogP contribution in [0.5, 0.6) is 5.75 Å². The monoisotopic (exact) mass is 434 g/mol. The first-order valence-corrected chi connectivity index (χ1v) is 11.5. The van der Waals surface area contributed by atoms with Crippen LogP contribution in [0.1, 0.15) is 24.8 Å². The molecule has 0 amide bonds. The Hall–Kier alpha value is -1.87. The molecule has 1 aromatic carbocycles.